The first-order valence-corrected chi connectivity index (χ1v) is 7.44. The van der Waals surface area contributed by atoms with Gasteiger partial charge in [-0.1, -0.05) is 30.3 Å². The molecule has 0 fully saturated rings. The molecule has 0 amide bonds. The molecule has 1 aromatic heterocycles. The van der Waals surface area contributed by atoms with Crippen molar-refractivity contribution in [1.82, 2.24) is 9.55 Å². The molecule has 0 unspecified atom stereocenters. The van der Waals surface area contributed by atoms with Crippen molar-refractivity contribution >= 4 is 11.8 Å². The summed E-state index contributed by atoms with van der Waals surface area (Å²) in [4.78, 5) is 3.99. The van der Waals surface area contributed by atoms with Gasteiger partial charge in [-0.25, -0.2) is 4.98 Å². The van der Waals surface area contributed by atoms with Crippen molar-refractivity contribution in [2.24, 2.45) is 5.73 Å². The summed E-state index contributed by atoms with van der Waals surface area (Å²) in [5.74, 6) is -0.0507. The van der Waals surface area contributed by atoms with Gasteiger partial charge in [0.2, 0.25) is 0 Å². The molecule has 0 radical (unpaired) electrons. The number of nitrogens with two attached hydrogens (primary N) is 1. The van der Waals surface area contributed by atoms with Crippen molar-refractivity contribution in [1.29, 1.82) is 0 Å². The molecule has 0 aliphatic carbocycles. The zero-order valence-electron chi connectivity index (χ0n) is 11.3. The molecule has 114 valence electrons. The normalized spacial score (nSPS) is 13.3. The molecule has 0 saturated carbocycles. The van der Waals surface area contributed by atoms with Crippen LogP contribution in [-0.2, 0) is 13.0 Å². The standard InChI is InChI=1S/C14H16F3N3S/c15-14(16,17)21-7-6-20-10-19-9-13(20)12(18)8-11-4-2-1-3-5-11/h1-5,9-10,12H,6-8,18H2/t12-/m1/s1. The number of aryl methyl sites for hydroxylation is 1. The van der Waals surface area contributed by atoms with Gasteiger partial charge in [-0.2, -0.15) is 13.2 Å². The van der Waals surface area contributed by atoms with Crippen molar-refractivity contribution < 1.29 is 13.2 Å². The molecule has 7 heteroatoms. The van der Waals surface area contributed by atoms with E-state index in [4.69, 9.17) is 5.73 Å². The van der Waals surface area contributed by atoms with E-state index < -0.39 is 5.51 Å². The molecule has 0 spiro atoms. The summed E-state index contributed by atoms with van der Waals surface area (Å²) >= 11 is -0.0332. The summed E-state index contributed by atoms with van der Waals surface area (Å²) in [6.45, 7) is 0.238. The monoisotopic (exact) mass is 315 g/mol. The lowest BCUT2D eigenvalue weighted by atomic mass is 10.0. The predicted octanol–water partition coefficient (Wildman–Crippen LogP) is 3.38. The Kier molecular flexibility index (Phi) is 5.30. The van der Waals surface area contributed by atoms with Gasteiger partial charge < -0.3 is 10.3 Å². The van der Waals surface area contributed by atoms with Crippen LogP contribution in [0.4, 0.5) is 13.2 Å². The van der Waals surface area contributed by atoms with E-state index in [0.717, 1.165) is 11.3 Å². The Morgan fingerprint density at radius 2 is 1.95 bits per heavy atom. The molecule has 0 aliphatic rings. The minimum atomic E-state index is -4.20. The van der Waals surface area contributed by atoms with E-state index in [1.54, 1.807) is 10.8 Å². The summed E-state index contributed by atoms with van der Waals surface area (Å²) in [5, 5.41) is 0. The van der Waals surface area contributed by atoms with Gasteiger partial charge in [0.15, 0.2) is 0 Å². The molecular weight excluding hydrogens is 299 g/mol. The van der Waals surface area contributed by atoms with Crippen LogP contribution in [0.25, 0.3) is 0 Å². The molecule has 0 aliphatic heterocycles. The van der Waals surface area contributed by atoms with Gasteiger partial charge in [0.05, 0.1) is 18.1 Å². The first kappa shape index (κ1) is 15.9. The highest BCUT2D eigenvalue weighted by atomic mass is 32.2. The fourth-order valence-corrected chi connectivity index (χ4v) is 2.58. The van der Waals surface area contributed by atoms with E-state index in [-0.39, 0.29) is 30.1 Å². The van der Waals surface area contributed by atoms with Crippen LogP contribution in [0, 0.1) is 0 Å². The number of hydrogen-bond acceptors (Lipinski definition) is 3. The summed E-state index contributed by atoms with van der Waals surface area (Å²) < 4.78 is 38.1. The highest BCUT2D eigenvalue weighted by Crippen LogP contribution is 2.30. The molecule has 2 N–H and O–H groups in total. The van der Waals surface area contributed by atoms with Gasteiger partial charge in [-0.3, -0.25) is 0 Å². The lowest BCUT2D eigenvalue weighted by molar-refractivity contribution is -0.0328. The van der Waals surface area contributed by atoms with Gasteiger partial charge in [0.1, 0.15) is 0 Å². The first-order chi connectivity index (χ1) is 9.96. The topological polar surface area (TPSA) is 43.8 Å². The van der Waals surface area contributed by atoms with Gasteiger partial charge in [0.25, 0.3) is 0 Å². The number of aromatic nitrogens is 2. The van der Waals surface area contributed by atoms with Crippen LogP contribution in [0.2, 0.25) is 0 Å². The van der Waals surface area contributed by atoms with Crippen LogP contribution >= 0.6 is 11.8 Å². The second kappa shape index (κ2) is 7.00. The molecule has 3 nitrogen and oxygen atoms in total. The zero-order valence-corrected chi connectivity index (χ0v) is 12.1. The summed E-state index contributed by atoms with van der Waals surface area (Å²) in [7, 11) is 0. The maximum absolute atomic E-state index is 12.1. The van der Waals surface area contributed by atoms with Crippen molar-refractivity contribution in [2.45, 2.75) is 24.5 Å². The highest BCUT2D eigenvalue weighted by molar-refractivity contribution is 8.00. The van der Waals surface area contributed by atoms with Crippen molar-refractivity contribution in [3.05, 3.63) is 54.1 Å². The predicted molar refractivity (Wildman–Crippen MR) is 77.8 cm³/mol. The average Bonchev–Trinajstić information content (AvgIpc) is 2.87. The number of alkyl halides is 3. The highest BCUT2D eigenvalue weighted by Gasteiger charge is 2.27. The molecule has 21 heavy (non-hydrogen) atoms. The smallest absolute Gasteiger partial charge is 0.332 e. The Balaban J connectivity index is 1.96. The van der Waals surface area contributed by atoms with E-state index in [0.29, 0.717) is 6.42 Å². The molecule has 0 saturated heterocycles. The maximum Gasteiger partial charge on any atom is 0.441 e. The number of imidazole rings is 1. The van der Waals surface area contributed by atoms with Crippen molar-refractivity contribution in [3.63, 3.8) is 0 Å². The van der Waals surface area contributed by atoms with Gasteiger partial charge in [-0.15, -0.1) is 0 Å². The number of rotatable bonds is 6. The van der Waals surface area contributed by atoms with Crippen LogP contribution in [0.15, 0.2) is 42.9 Å². The Morgan fingerprint density at radius 3 is 2.62 bits per heavy atom. The molecular formula is C14H16F3N3S. The van der Waals surface area contributed by atoms with E-state index in [2.05, 4.69) is 4.98 Å². The third-order valence-electron chi connectivity index (χ3n) is 3.02. The quantitative estimate of drug-likeness (QED) is 0.889. The van der Waals surface area contributed by atoms with E-state index in [1.165, 1.54) is 6.33 Å². The Bertz CT molecular complexity index is 554. The first-order valence-electron chi connectivity index (χ1n) is 6.46. The minimum Gasteiger partial charge on any atom is -0.332 e. The molecule has 1 aromatic carbocycles. The number of nitrogens with zero attached hydrogens (tertiary/aromatic N) is 2. The van der Waals surface area contributed by atoms with Crippen LogP contribution in [0.5, 0.6) is 0 Å². The van der Waals surface area contributed by atoms with Gasteiger partial charge in [-0.05, 0) is 23.7 Å². The summed E-state index contributed by atoms with van der Waals surface area (Å²) in [6, 6.07) is 9.44. The maximum atomic E-state index is 12.1. The molecule has 2 aromatic rings. The van der Waals surface area contributed by atoms with E-state index in [1.807, 2.05) is 30.3 Å². The number of halogens is 3. The second-order valence-electron chi connectivity index (χ2n) is 4.60. The Morgan fingerprint density at radius 1 is 1.24 bits per heavy atom. The van der Waals surface area contributed by atoms with Crippen LogP contribution in [0.3, 0.4) is 0 Å². The molecule has 2 rings (SSSR count). The molecule has 1 heterocycles. The number of benzene rings is 1. The fraction of sp³-hybridized carbons (Fsp3) is 0.357. The Labute approximate surface area is 125 Å². The fourth-order valence-electron chi connectivity index (χ4n) is 2.06. The minimum absolute atomic E-state index is 0.0332. The average molecular weight is 315 g/mol. The van der Waals surface area contributed by atoms with Crippen molar-refractivity contribution in [2.75, 3.05) is 5.75 Å². The number of hydrogen-bond donors (Lipinski definition) is 1. The van der Waals surface area contributed by atoms with E-state index >= 15 is 0 Å². The lowest BCUT2D eigenvalue weighted by Crippen LogP contribution is -2.18. The van der Waals surface area contributed by atoms with Gasteiger partial charge >= 0.3 is 5.51 Å². The summed E-state index contributed by atoms with van der Waals surface area (Å²) in [6.07, 6.45) is 3.77. The largest absolute Gasteiger partial charge is 0.441 e. The van der Waals surface area contributed by atoms with Crippen LogP contribution in [-0.4, -0.2) is 20.8 Å². The lowest BCUT2D eigenvalue weighted by Gasteiger charge is -2.15. The van der Waals surface area contributed by atoms with Crippen molar-refractivity contribution in [3.8, 4) is 0 Å². The molecule has 1 atom stereocenters. The van der Waals surface area contributed by atoms with E-state index in [9.17, 15) is 13.2 Å². The van der Waals surface area contributed by atoms with Crippen LogP contribution < -0.4 is 5.73 Å². The molecule has 0 bridgehead atoms. The summed E-state index contributed by atoms with van der Waals surface area (Å²) in [5.41, 5.74) is 3.78. The zero-order chi connectivity index (χ0) is 15.3. The van der Waals surface area contributed by atoms with Crippen LogP contribution in [0.1, 0.15) is 17.3 Å². The second-order valence-corrected chi connectivity index (χ2v) is 5.76. The third kappa shape index (κ3) is 5.09. The third-order valence-corrected chi connectivity index (χ3v) is 3.73. The SMILES string of the molecule is N[C@H](Cc1ccccc1)c1cncn1CCSC(F)(F)F. The Hall–Kier alpha value is -1.47. The van der Waals surface area contributed by atoms with Gasteiger partial charge in [0, 0.05) is 18.5 Å². The number of thioether (sulfide) groups is 1.